The van der Waals surface area contributed by atoms with Crippen molar-refractivity contribution in [3.05, 3.63) is 48.0 Å². The van der Waals surface area contributed by atoms with E-state index in [2.05, 4.69) is 26.0 Å². The molecule has 1 N–H and O–H groups in total. The largest absolute Gasteiger partial charge is 0.478 e. The monoisotopic (exact) mass is 248 g/mol. The number of allylic oxidation sites excluding steroid dienone is 3. The summed E-state index contributed by atoms with van der Waals surface area (Å²) >= 11 is 0. The van der Waals surface area contributed by atoms with E-state index in [-0.39, 0.29) is 5.41 Å². The molecule has 1 aromatic rings. The van der Waals surface area contributed by atoms with Crippen molar-refractivity contribution >= 4 is 5.97 Å². The van der Waals surface area contributed by atoms with E-state index in [1.165, 1.54) is 0 Å². The fourth-order valence-corrected chi connectivity index (χ4v) is 1.49. The number of hydrogen-bond acceptors (Lipinski definition) is 2. The Morgan fingerprint density at radius 1 is 1.50 bits per heavy atom. The van der Waals surface area contributed by atoms with E-state index in [0.29, 0.717) is 12.0 Å². The summed E-state index contributed by atoms with van der Waals surface area (Å²) in [6.07, 6.45) is 10.9. The van der Waals surface area contributed by atoms with Gasteiger partial charge < -0.3 is 9.52 Å². The lowest BCUT2D eigenvalue weighted by Crippen LogP contribution is -2.07. The second kappa shape index (κ2) is 6.24. The van der Waals surface area contributed by atoms with E-state index in [1.807, 2.05) is 6.07 Å². The zero-order valence-electron chi connectivity index (χ0n) is 11.1. The van der Waals surface area contributed by atoms with Gasteiger partial charge in [-0.15, -0.1) is 0 Å². The molecule has 0 saturated heterocycles. The lowest BCUT2D eigenvalue weighted by molar-refractivity contribution is -0.132. The number of carboxylic acids is 1. The van der Waals surface area contributed by atoms with Crippen LogP contribution >= 0.6 is 0 Å². The molecule has 3 heteroatoms. The molecule has 0 aliphatic carbocycles. The van der Waals surface area contributed by atoms with Gasteiger partial charge in [0.05, 0.1) is 12.5 Å². The van der Waals surface area contributed by atoms with Gasteiger partial charge in [-0.2, -0.15) is 0 Å². The van der Waals surface area contributed by atoms with Crippen LogP contribution in [0.15, 0.2) is 46.8 Å². The molecule has 98 valence electrons. The van der Waals surface area contributed by atoms with Crippen LogP contribution in [-0.2, 0) is 11.2 Å². The van der Waals surface area contributed by atoms with Gasteiger partial charge in [0, 0.05) is 5.57 Å². The Morgan fingerprint density at radius 3 is 2.78 bits per heavy atom. The molecule has 1 aromatic heterocycles. The van der Waals surface area contributed by atoms with Gasteiger partial charge in [0.25, 0.3) is 0 Å². The average molecular weight is 248 g/mol. The lowest BCUT2D eigenvalue weighted by atomic mass is 9.87. The topological polar surface area (TPSA) is 50.4 Å². The molecule has 0 spiro atoms. The number of carbonyl (C=O) groups is 1. The minimum atomic E-state index is -0.854. The Balaban J connectivity index is 2.51. The molecule has 1 rings (SSSR count). The molecule has 3 nitrogen and oxygen atoms in total. The third kappa shape index (κ3) is 5.04. The van der Waals surface area contributed by atoms with Crippen LogP contribution in [0.3, 0.4) is 0 Å². The van der Waals surface area contributed by atoms with Crippen molar-refractivity contribution in [2.75, 3.05) is 0 Å². The quantitative estimate of drug-likeness (QED) is 0.615. The minimum absolute atomic E-state index is 0.0412. The SMILES string of the molecule is C/C(=C\CC(C)(C)/C=C/Cc1ccoc1)C(=O)O. The highest BCUT2D eigenvalue weighted by Gasteiger charge is 2.12. The molecule has 1 heterocycles. The molecule has 0 fully saturated rings. The van der Waals surface area contributed by atoms with Crippen molar-refractivity contribution in [2.45, 2.75) is 33.6 Å². The molecule has 0 radical (unpaired) electrons. The van der Waals surface area contributed by atoms with Crippen LogP contribution in [0.4, 0.5) is 0 Å². The van der Waals surface area contributed by atoms with Gasteiger partial charge in [-0.25, -0.2) is 4.79 Å². The summed E-state index contributed by atoms with van der Waals surface area (Å²) < 4.78 is 4.99. The summed E-state index contributed by atoms with van der Waals surface area (Å²) in [7, 11) is 0. The van der Waals surface area contributed by atoms with Crippen LogP contribution in [0.2, 0.25) is 0 Å². The van der Waals surface area contributed by atoms with E-state index in [9.17, 15) is 4.79 Å². The van der Waals surface area contributed by atoms with Crippen molar-refractivity contribution < 1.29 is 14.3 Å². The van der Waals surface area contributed by atoms with Crippen molar-refractivity contribution in [1.82, 2.24) is 0 Å². The number of aliphatic carboxylic acids is 1. The molecule has 0 aromatic carbocycles. The first-order valence-corrected chi connectivity index (χ1v) is 5.99. The fraction of sp³-hybridized carbons (Fsp3) is 0.400. The van der Waals surface area contributed by atoms with Crippen LogP contribution in [0.1, 0.15) is 32.8 Å². The van der Waals surface area contributed by atoms with Crippen LogP contribution in [0, 0.1) is 5.41 Å². The molecule has 0 unspecified atom stereocenters. The minimum Gasteiger partial charge on any atom is -0.478 e. The zero-order valence-corrected chi connectivity index (χ0v) is 11.1. The van der Waals surface area contributed by atoms with Crippen LogP contribution in [0.25, 0.3) is 0 Å². The summed E-state index contributed by atoms with van der Waals surface area (Å²) in [6.45, 7) is 5.79. The molecular weight excluding hydrogens is 228 g/mol. The van der Waals surface area contributed by atoms with Crippen molar-refractivity contribution in [1.29, 1.82) is 0 Å². The molecule has 18 heavy (non-hydrogen) atoms. The highest BCUT2D eigenvalue weighted by molar-refractivity contribution is 5.85. The fourth-order valence-electron chi connectivity index (χ4n) is 1.49. The van der Waals surface area contributed by atoms with E-state index >= 15 is 0 Å². The molecule has 0 amide bonds. The van der Waals surface area contributed by atoms with Crippen molar-refractivity contribution in [3.63, 3.8) is 0 Å². The maximum atomic E-state index is 10.7. The van der Waals surface area contributed by atoms with Gasteiger partial charge in [0.1, 0.15) is 0 Å². The van der Waals surface area contributed by atoms with Gasteiger partial charge in [-0.05, 0) is 36.8 Å². The molecule has 0 atom stereocenters. The lowest BCUT2D eigenvalue weighted by Gasteiger charge is -2.17. The molecular formula is C15H20O3. The first-order valence-electron chi connectivity index (χ1n) is 5.99. The van der Waals surface area contributed by atoms with Crippen molar-refractivity contribution in [3.8, 4) is 0 Å². The number of hydrogen-bond donors (Lipinski definition) is 1. The Labute approximate surface area is 108 Å². The predicted octanol–water partition coefficient (Wildman–Crippen LogP) is 3.83. The standard InChI is InChI=1S/C15H20O3/c1-12(14(16)17)6-9-15(2,3)8-4-5-13-7-10-18-11-13/h4,6-8,10-11H,5,9H2,1-3H3,(H,16,17)/b8-4+,12-6+. The summed E-state index contributed by atoms with van der Waals surface area (Å²) in [4.78, 5) is 10.7. The Morgan fingerprint density at radius 2 is 2.22 bits per heavy atom. The van der Waals surface area contributed by atoms with Crippen LogP contribution in [-0.4, -0.2) is 11.1 Å². The van der Waals surface area contributed by atoms with Gasteiger partial charge in [0.15, 0.2) is 0 Å². The Hall–Kier alpha value is -1.77. The molecule has 0 bridgehead atoms. The summed E-state index contributed by atoms with van der Waals surface area (Å²) in [5, 5.41) is 8.78. The normalized spacial score (nSPS) is 13.2. The number of furan rings is 1. The highest BCUT2D eigenvalue weighted by Crippen LogP contribution is 2.24. The second-order valence-electron chi connectivity index (χ2n) is 5.12. The van der Waals surface area contributed by atoms with Gasteiger partial charge in [-0.3, -0.25) is 0 Å². The van der Waals surface area contributed by atoms with Gasteiger partial charge in [-0.1, -0.05) is 32.1 Å². The second-order valence-corrected chi connectivity index (χ2v) is 5.12. The van der Waals surface area contributed by atoms with Crippen molar-refractivity contribution in [2.24, 2.45) is 5.41 Å². The molecule has 0 aliphatic heterocycles. The summed E-state index contributed by atoms with van der Waals surface area (Å²) in [5.41, 5.74) is 1.49. The molecule has 0 aliphatic rings. The summed E-state index contributed by atoms with van der Waals surface area (Å²) in [6, 6.07) is 1.94. The third-order valence-corrected chi connectivity index (χ3v) is 2.77. The summed E-state index contributed by atoms with van der Waals surface area (Å²) in [5.74, 6) is -0.854. The van der Waals surface area contributed by atoms with E-state index < -0.39 is 5.97 Å². The van der Waals surface area contributed by atoms with E-state index in [0.717, 1.165) is 12.0 Å². The first kappa shape index (κ1) is 14.3. The van der Waals surface area contributed by atoms with Crippen LogP contribution < -0.4 is 0 Å². The van der Waals surface area contributed by atoms with E-state index in [1.54, 1.807) is 25.5 Å². The maximum Gasteiger partial charge on any atom is 0.330 e. The maximum absolute atomic E-state index is 10.7. The van der Waals surface area contributed by atoms with Gasteiger partial charge in [0.2, 0.25) is 0 Å². The first-order chi connectivity index (χ1) is 8.41. The smallest absolute Gasteiger partial charge is 0.330 e. The Bertz CT molecular complexity index is 436. The number of carboxylic acid groups (broad SMARTS) is 1. The highest BCUT2D eigenvalue weighted by atomic mass is 16.4. The zero-order chi connectivity index (χ0) is 13.6. The Kier molecular flexibility index (Phi) is 4.95. The molecule has 0 saturated carbocycles. The number of rotatable bonds is 6. The van der Waals surface area contributed by atoms with Crippen LogP contribution in [0.5, 0.6) is 0 Å². The van der Waals surface area contributed by atoms with Gasteiger partial charge >= 0.3 is 5.97 Å². The average Bonchev–Trinajstić information content (AvgIpc) is 2.78. The third-order valence-electron chi connectivity index (χ3n) is 2.77. The van der Waals surface area contributed by atoms with E-state index in [4.69, 9.17) is 9.52 Å². The predicted molar refractivity (Wildman–Crippen MR) is 71.3 cm³/mol.